The summed E-state index contributed by atoms with van der Waals surface area (Å²) in [6.07, 6.45) is 0.275. The Labute approximate surface area is 196 Å². The highest BCUT2D eigenvalue weighted by Gasteiger charge is 2.21. The highest BCUT2D eigenvalue weighted by Crippen LogP contribution is 2.34. The molecule has 4 aromatic rings. The van der Waals surface area contributed by atoms with Gasteiger partial charge in [0, 0.05) is 17.3 Å². The lowest BCUT2D eigenvalue weighted by atomic mass is 10.1. The summed E-state index contributed by atoms with van der Waals surface area (Å²) in [6, 6.07) is 13.4. The third-order valence-corrected chi connectivity index (χ3v) is 6.87. The highest BCUT2D eigenvalue weighted by atomic mass is 35.5. The van der Waals surface area contributed by atoms with Crippen LogP contribution in [0.25, 0.3) is 10.2 Å². The fourth-order valence-electron chi connectivity index (χ4n) is 3.64. The number of rotatable bonds is 7. The Morgan fingerprint density at radius 1 is 1.16 bits per heavy atom. The molecule has 166 valence electrons. The van der Waals surface area contributed by atoms with Crippen LogP contribution in [0.1, 0.15) is 22.5 Å². The number of halogens is 1. The molecule has 4 rings (SSSR count). The molecule has 32 heavy (non-hydrogen) atoms. The van der Waals surface area contributed by atoms with Gasteiger partial charge >= 0.3 is 0 Å². The lowest BCUT2D eigenvalue weighted by Gasteiger charge is -2.20. The molecular weight excluding hydrogens is 444 g/mol. The number of aryl methyl sites for hydroxylation is 3. The van der Waals surface area contributed by atoms with Crippen molar-refractivity contribution < 1.29 is 9.53 Å². The number of carbonyl (C=O) groups is 1. The number of amides is 1. The fourth-order valence-corrected chi connectivity index (χ4v) is 4.86. The predicted octanol–water partition coefficient (Wildman–Crippen LogP) is 5.36. The molecule has 0 bridgehead atoms. The normalized spacial score (nSPS) is 11.2. The molecule has 8 heteroatoms. The van der Waals surface area contributed by atoms with Gasteiger partial charge in [-0.1, -0.05) is 35.1 Å². The van der Waals surface area contributed by atoms with Gasteiger partial charge in [0.1, 0.15) is 5.75 Å². The minimum Gasteiger partial charge on any atom is -0.497 e. The molecule has 0 unspecified atom stereocenters. The van der Waals surface area contributed by atoms with Crippen molar-refractivity contribution >= 4 is 44.2 Å². The summed E-state index contributed by atoms with van der Waals surface area (Å²) in [4.78, 5) is 20.0. The maximum Gasteiger partial charge on any atom is 0.233 e. The first-order valence-corrected chi connectivity index (χ1v) is 11.5. The van der Waals surface area contributed by atoms with Crippen molar-refractivity contribution in [3.05, 3.63) is 70.0 Å². The van der Waals surface area contributed by atoms with E-state index in [0.29, 0.717) is 23.2 Å². The third kappa shape index (κ3) is 4.64. The maximum atomic E-state index is 13.4. The lowest BCUT2D eigenvalue weighted by molar-refractivity contribution is -0.118. The number of fused-ring (bicyclic) bond motifs is 1. The van der Waals surface area contributed by atoms with Gasteiger partial charge in [-0.2, -0.15) is 5.10 Å². The van der Waals surface area contributed by atoms with Gasteiger partial charge in [0.2, 0.25) is 5.91 Å². The molecule has 0 saturated carbocycles. The summed E-state index contributed by atoms with van der Waals surface area (Å²) in [5.41, 5.74) is 4.71. The van der Waals surface area contributed by atoms with Crippen molar-refractivity contribution in [1.82, 2.24) is 14.8 Å². The SMILES string of the molecule is COc1ccc(CC(=O)N(CCn2nc(C)cc2C)c2nc3c(C)c(Cl)ccc3s2)cc1. The van der Waals surface area contributed by atoms with Gasteiger partial charge < -0.3 is 4.74 Å². The Balaban J connectivity index is 1.64. The van der Waals surface area contributed by atoms with Crippen molar-refractivity contribution in [3.8, 4) is 5.75 Å². The lowest BCUT2D eigenvalue weighted by Crippen LogP contribution is -2.35. The summed E-state index contributed by atoms with van der Waals surface area (Å²) in [7, 11) is 1.63. The Hall–Kier alpha value is -2.90. The highest BCUT2D eigenvalue weighted by molar-refractivity contribution is 7.22. The van der Waals surface area contributed by atoms with Crippen molar-refractivity contribution in [2.24, 2.45) is 0 Å². The summed E-state index contributed by atoms with van der Waals surface area (Å²) < 4.78 is 8.16. The van der Waals surface area contributed by atoms with E-state index in [1.807, 2.05) is 67.9 Å². The number of methoxy groups -OCH3 is 1. The van der Waals surface area contributed by atoms with Crippen molar-refractivity contribution in [1.29, 1.82) is 0 Å². The first kappa shape index (κ1) is 22.3. The monoisotopic (exact) mass is 468 g/mol. The van der Waals surface area contributed by atoms with E-state index in [2.05, 4.69) is 5.10 Å². The number of carbonyl (C=O) groups excluding carboxylic acids is 1. The van der Waals surface area contributed by atoms with Crippen molar-refractivity contribution in [3.63, 3.8) is 0 Å². The Morgan fingerprint density at radius 2 is 1.91 bits per heavy atom. The van der Waals surface area contributed by atoms with E-state index in [9.17, 15) is 4.79 Å². The third-order valence-electron chi connectivity index (χ3n) is 5.42. The zero-order chi connectivity index (χ0) is 22.8. The minimum atomic E-state index is -0.0143. The van der Waals surface area contributed by atoms with Crippen LogP contribution in [0.4, 0.5) is 5.13 Å². The zero-order valence-electron chi connectivity index (χ0n) is 18.6. The van der Waals surface area contributed by atoms with Gasteiger partial charge in [0.25, 0.3) is 0 Å². The number of ether oxygens (including phenoxy) is 1. The van der Waals surface area contributed by atoms with Crippen LogP contribution in [0.5, 0.6) is 5.75 Å². The molecule has 1 amide bonds. The zero-order valence-corrected chi connectivity index (χ0v) is 20.1. The number of benzene rings is 2. The van der Waals surface area contributed by atoms with E-state index >= 15 is 0 Å². The Kier molecular flexibility index (Phi) is 6.48. The minimum absolute atomic E-state index is 0.0143. The fraction of sp³-hybridized carbons (Fsp3) is 0.292. The van der Waals surface area contributed by atoms with E-state index < -0.39 is 0 Å². The van der Waals surface area contributed by atoms with Gasteiger partial charge in [0.15, 0.2) is 5.13 Å². The molecule has 0 aliphatic carbocycles. The number of anilines is 1. The van der Waals surface area contributed by atoms with E-state index in [1.165, 1.54) is 11.3 Å². The molecular formula is C24H25ClN4O2S. The second-order valence-corrected chi connectivity index (χ2v) is 9.15. The van der Waals surface area contributed by atoms with Gasteiger partial charge in [0.05, 0.1) is 36.0 Å². The number of aromatic nitrogens is 3. The van der Waals surface area contributed by atoms with E-state index in [0.717, 1.165) is 38.5 Å². The first-order chi connectivity index (χ1) is 15.4. The Morgan fingerprint density at radius 3 is 2.56 bits per heavy atom. The molecule has 2 aromatic carbocycles. The van der Waals surface area contributed by atoms with Crippen molar-refractivity contribution in [2.75, 3.05) is 18.6 Å². The topological polar surface area (TPSA) is 60.2 Å². The van der Waals surface area contributed by atoms with Crippen LogP contribution in [0, 0.1) is 20.8 Å². The number of hydrogen-bond acceptors (Lipinski definition) is 5. The van der Waals surface area contributed by atoms with Crippen LogP contribution < -0.4 is 9.64 Å². The largest absolute Gasteiger partial charge is 0.497 e. The van der Waals surface area contributed by atoms with Gasteiger partial charge in [-0.25, -0.2) is 4.98 Å². The summed E-state index contributed by atoms with van der Waals surface area (Å²) in [6.45, 7) is 7.00. The molecule has 2 heterocycles. The summed E-state index contributed by atoms with van der Waals surface area (Å²) in [5.74, 6) is 0.751. The molecule has 6 nitrogen and oxygen atoms in total. The molecule has 0 atom stereocenters. The number of nitrogens with zero attached hydrogens (tertiary/aromatic N) is 4. The second-order valence-electron chi connectivity index (χ2n) is 7.74. The van der Waals surface area contributed by atoms with Gasteiger partial charge in [-0.3, -0.25) is 14.4 Å². The quantitative estimate of drug-likeness (QED) is 0.366. The van der Waals surface area contributed by atoms with Gasteiger partial charge in [-0.05, 0) is 62.2 Å². The molecule has 0 radical (unpaired) electrons. The van der Waals surface area contributed by atoms with E-state index in [4.69, 9.17) is 21.3 Å². The van der Waals surface area contributed by atoms with Crippen LogP contribution in [0.3, 0.4) is 0 Å². The number of hydrogen-bond donors (Lipinski definition) is 0. The van der Waals surface area contributed by atoms with Crippen LogP contribution in [-0.2, 0) is 17.8 Å². The molecule has 0 N–H and O–H groups in total. The molecule has 0 fully saturated rings. The molecule has 0 saturated heterocycles. The van der Waals surface area contributed by atoms with Crippen LogP contribution >= 0.6 is 22.9 Å². The van der Waals surface area contributed by atoms with E-state index in [1.54, 1.807) is 12.0 Å². The van der Waals surface area contributed by atoms with Crippen LogP contribution in [-0.4, -0.2) is 34.3 Å². The Bertz CT molecular complexity index is 1260. The molecule has 0 spiro atoms. The average Bonchev–Trinajstić information content (AvgIpc) is 3.34. The number of thiazole rings is 1. The van der Waals surface area contributed by atoms with Gasteiger partial charge in [-0.15, -0.1) is 0 Å². The molecule has 2 aromatic heterocycles. The first-order valence-electron chi connectivity index (χ1n) is 10.4. The van der Waals surface area contributed by atoms with Crippen LogP contribution in [0.2, 0.25) is 5.02 Å². The smallest absolute Gasteiger partial charge is 0.233 e. The van der Waals surface area contributed by atoms with E-state index in [-0.39, 0.29) is 12.3 Å². The predicted molar refractivity (Wildman–Crippen MR) is 130 cm³/mol. The average molecular weight is 469 g/mol. The summed E-state index contributed by atoms with van der Waals surface area (Å²) >= 11 is 7.80. The second kappa shape index (κ2) is 9.30. The van der Waals surface area contributed by atoms with Crippen LogP contribution in [0.15, 0.2) is 42.5 Å². The summed E-state index contributed by atoms with van der Waals surface area (Å²) in [5, 5.41) is 5.88. The standard InChI is InChI=1S/C24H25ClN4O2S/c1-15-13-16(2)29(27-15)12-11-28(22(30)14-18-5-7-19(31-4)8-6-18)24-26-23-17(3)20(25)9-10-21(23)32-24/h5-10,13H,11-12,14H2,1-4H3. The molecule has 0 aliphatic rings. The molecule has 0 aliphatic heterocycles. The van der Waals surface area contributed by atoms with Crippen molar-refractivity contribution in [2.45, 2.75) is 33.7 Å². The maximum absolute atomic E-state index is 13.4.